The maximum Gasteiger partial charge on any atom is 0.00107 e. The largest absolute Gasteiger partial charge is 0.0751 e. The molecule has 0 bridgehead atoms. The van der Waals surface area contributed by atoms with Crippen LogP contribution < -0.4 is 0 Å². The van der Waals surface area contributed by atoms with Gasteiger partial charge in [0.1, 0.15) is 0 Å². The molecule has 78 valence electrons. The molecule has 14 heavy (non-hydrogen) atoms. The van der Waals surface area contributed by atoms with Crippen molar-refractivity contribution in [2.75, 3.05) is 0 Å². The third-order valence-corrected chi connectivity index (χ3v) is 3.05. The zero-order chi connectivity index (χ0) is 10.8. The van der Waals surface area contributed by atoms with Crippen LogP contribution in [-0.2, 0) is 0 Å². The van der Waals surface area contributed by atoms with Gasteiger partial charge in [-0.3, -0.25) is 0 Å². The number of hydrogen-bond donors (Lipinski definition) is 0. The smallest absolute Gasteiger partial charge is 0.00107 e. The Bertz CT molecular complexity index is 274. The monoisotopic (exact) mass is 190 g/mol. The highest BCUT2D eigenvalue weighted by Crippen LogP contribution is 2.27. The number of allylic oxidation sites excluding steroid dienone is 6. The summed E-state index contributed by atoms with van der Waals surface area (Å²) >= 11 is 0. The van der Waals surface area contributed by atoms with E-state index in [2.05, 4.69) is 65.0 Å². The Hall–Kier alpha value is -0.780. The van der Waals surface area contributed by atoms with Crippen LogP contribution in [0.3, 0.4) is 0 Å². The number of rotatable bonds is 2. The van der Waals surface area contributed by atoms with Crippen molar-refractivity contribution in [1.29, 1.82) is 0 Å². The standard InChI is InChI=1S/C14H22/c1-11(2)12(3)13-7-6-9-14(4,5)10-8-13/h6-12H,1-5H3. The number of hydrogen-bond acceptors (Lipinski definition) is 0. The molecule has 0 aromatic rings. The maximum absolute atomic E-state index is 2.30. The molecule has 1 atom stereocenters. The van der Waals surface area contributed by atoms with Crippen molar-refractivity contribution in [2.24, 2.45) is 17.3 Å². The molecule has 0 heterocycles. The zero-order valence-corrected chi connectivity index (χ0v) is 10.0. The lowest BCUT2D eigenvalue weighted by molar-refractivity contribution is 0.487. The van der Waals surface area contributed by atoms with Crippen LogP contribution in [0.2, 0.25) is 0 Å². The van der Waals surface area contributed by atoms with Gasteiger partial charge in [0.25, 0.3) is 0 Å². The van der Waals surface area contributed by atoms with Gasteiger partial charge in [0.05, 0.1) is 0 Å². The van der Waals surface area contributed by atoms with Gasteiger partial charge in [0.15, 0.2) is 0 Å². The topological polar surface area (TPSA) is 0 Å². The Kier molecular flexibility index (Phi) is 3.36. The van der Waals surface area contributed by atoms with Crippen molar-refractivity contribution in [1.82, 2.24) is 0 Å². The molecular weight excluding hydrogens is 168 g/mol. The van der Waals surface area contributed by atoms with E-state index >= 15 is 0 Å². The van der Waals surface area contributed by atoms with Crippen molar-refractivity contribution in [2.45, 2.75) is 34.6 Å². The van der Waals surface area contributed by atoms with Gasteiger partial charge in [-0.15, -0.1) is 0 Å². The molecule has 0 fully saturated rings. The summed E-state index contributed by atoms with van der Waals surface area (Å²) in [5, 5.41) is 0. The summed E-state index contributed by atoms with van der Waals surface area (Å²) in [6, 6.07) is 0. The van der Waals surface area contributed by atoms with Gasteiger partial charge in [-0.25, -0.2) is 0 Å². The Morgan fingerprint density at radius 3 is 2.29 bits per heavy atom. The van der Waals surface area contributed by atoms with Crippen LogP contribution >= 0.6 is 0 Å². The van der Waals surface area contributed by atoms with Gasteiger partial charge < -0.3 is 0 Å². The van der Waals surface area contributed by atoms with Crippen LogP contribution in [0.4, 0.5) is 0 Å². The Morgan fingerprint density at radius 1 is 1.07 bits per heavy atom. The predicted molar refractivity (Wildman–Crippen MR) is 64.1 cm³/mol. The third kappa shape index (κ3) is 2.87. The summed E-state index contributed by atoms with van der Waals surface area (Å²) in [7, 11) is 0. The molecule has 0 spiro atoms. The molecule has 1 rings (SSSR count). The minimum absolute atomic E-state index is 0.203. The van der Waals surface area contributed by atoms with Crippen LogP contribution in [0.15, 0.2) is 36.0 Å². The summed E-state index contributed by atoms with van der Waals surface area (Å²) in [6.07, 6.45) is 11.3. The second-order valence-corrected chi connectivity index (χ2v) is 5.21. The highest BCUT2D eigenvalue weighted by Gasteiger charge is 2.14. The molecule has 0 heteroatoms. The molecule has 0 saturated carbocycles. The minimum Gasteiger partial charge on any atom is -0.0751 e. The van der Waals surface area contributed by atoms with Crippen LogP contribution in [0.5, 0.6) is 0 Å². The fourth-order valence-corrected chi connectivity index (χ4v) is 1.52. The first-order valence-corrected chi connectivity index (χ1v) is 5.51. The maximum atomic E-state index is 2.30. The Labute approximate surface area is 88.4 Å². The summed E-state index contributed by atoms with van der Waals surface area (Å²) in [5.41, 5.74) is 1.65. The van der Waals surface area contributed by atoms with E-state index in [1.165, 1.54) is 5.57 Å². The van der Waals surface area contributed by atoms with Crippen molar-refractivity contribution < 1.29 is 0 Å². The fourth-order valence-electron chi connectivity index (χ4n) is 1.52. The molecule has 1 unspecified atom stereocenters. The molecule has 0 nitrogen and oxygen atoms in total. The lowest BCUT2D eigenvalue weighted by atomic mass is 9.88. The molecule has 1 aliphatic carbocycles. The average Bonchev–Trinajstić information content (AvgIpc) is 2.25. The Balaban J connectivity index is 2.85. The normalized spacial score (nSPS) is 22.0. The van der Waals surface area contributed by atoms with Gasteiger partial charge >= 0.3 is 0 Å². The van der Waals surface area contributed by atoms with E-state index in [4.69, 9.17) is 0 Å². The van der Waals surface area contributed by atoms with Crippen molar-refractivity contribution in [3.8, 4) is 0 Å². The van der Waals surface area contributed by atoms with E-state index in [0.29, 0.717) is 11.8 Å². The van der Waals surface area contributed by atoms with E-state index in [-0.39, 0.29) is 5.41 Å². The van der Waals surface area contributed by atoms with Gasteiger partial charge in [-0.05, 0) is 17.4 Å². The van der Waals surface area contributed by atoms with E-state index in [1.54, 1.807) is 0 Å². The molecule has 0 aliphatic heterocycles. The predicted octanol–water partition coefficient (Wildman–Crippen LogP) is 4.36. The first kappa shape index (κ1) is 11.3. The minimum atomic E-state index is 0.203. The first-order valence-electron chi connectivity index (χ1n) is 5.51. The summed E-state index contributed by atoms with van der Waals surface area (Å²) in [6.45, 7) is 11.3. The highest BCUT2D eigenvalue weighted by molar-refractivity contribution is 5.32. The van der Waals surface area contributed by atoms with Crippen molar-refractivity contribution >= 4 is 0 Å². The Morgan fingerprint density at radius 2 is 1.71 bits per heavy atom. The van der Waals surface area contributed by atoms with Crippen LogP contribution in [0.1, 0.15) is 34.6 Å². The molecule has 0 aromatic carbocycles. The second-order valence-electron chi connectivity index (χ2n) is 5.21. The summed E-state index contributed by atoms with van der Waals surface area (Å²) in [5.74, 6) is 1.35. The SMILES string of the molecule is CC(C)C(C)C1=CC=CC(C)(C)C=C1. The first-order chi connectivity index (χ1) is 6.42. The van der Waals surface area contributed by atoms with E-state index < -0.39 is 0 Å². The van der Waals surface area contributed by atoms with Gasteiger partial charge in [0, 0.05) is 5.41 Å². The summed E-state index contributed by atoms with van der Waals surface area (Å²) in [4.78, 5) is 0. The lowest BCUT2D eigenvalue weighted by Crippen LogP contribution is -2.06. The van der Waals surface area contributed by atoms with Crippen LogP contribution in [0, 0.1) is 17.3 Å². The summed E-state index contributed by atoms with van der Waals surface area (Å²) < 4.78 is 0. The van der Waals surface area contributed by atoms with Crippen LogP contribution in [0.25, 0.3) is 0 Å². The molecule has 1 aliphatic rings. The quantitative estimate of drug-likeness (QED) is 0.607. The van der Waals surface area contributed by atoms with Gasteiger partial charge in [0.2, 0.25) is 0 Å². The zero-order valence-electron chi connectivity index (χ0n) is 10.0. The van der Waals surface area contributed by atoms with E-state index in [0.717, 1.165) is 0 Å². The van der Waals surface area contributed by atoms with Gasteiger partial charge in [-0.2, -0.15) is 0 Å². The van der Waals surface area contributed by atoms with E-state index in [1.807, 2.05) is 0 Å². The third-order valence-electron chi connectivity index (χ3n) is 3.05. The molecular formula is C14H22. The average molecular weight is 190 g/mol. The fraction of sp³-hybridized carbons (Fsp3) is 0.571. The highest BCUT2D eigenvalue weighted by atomic mass is 14.2. The molecule has 0 amide bonds. The van der Waals surface area contributed by atoms with Crippen molar-refractivity contribution in [3.63, 3.8) is 0 Å². The van der Waals surface area contributed by atoms with Gasteiger partial charge in [-0.1, -0.05) is 65.0 Å². The molecule has 0 N–H and O–H groups in total. The van der Waals surface area contributed by atoms with E-state index in [9.17, 15) is 0 Å². The second kappa shape index (κ2) is 4.16. The molecule has 0 radical (unpaired) electrons. The molecule has 0 saturated heterocycles. The van der Waals surface area contributed by atoms with Crippen molar-refractivity contribution in [3.05, 3.63) is 36.0 Å². The molecule has 0 aromatic heterocycles. The van der Waals surface area contributed by atoms with Crippen LogP contribution in [-0.4, -0.2) is 0 Å². The lowest BCUT2D eigenvalue weighted by Gasteiger charge is -2.17.